The van der Waals surface area contributed by atoms with Crippen LogP contribution in [0.5, 0.6) is 0 Å². The van der Waals surface area contributed by atoms with Gasteiger partial charge in [-0.3, -0.25) is 4.79 Å². The molecular formula is C19H24N4O3S. The summed E-state index contributed by atoms with van der Waals surface area (Å²) in [6, 6.07) is 9.82. The van der Waals surface area contributed by atoms with Crippen molar-refractivity contribution in [2.75, 3.05) is 32.1 Å². The van der Waals surface area contributed by atoms with Gasteiger partial charge in [-0.05, 0) is 54.8 Å². The van der Waals surface area contributed by atoms with Crippen LogP contribution in [0.2, 0.25) is 0 Å². The van der Waals surface area contributed by atoms with E-state index in [-0.39, 0.29) is 10.8 Å². The molecular weight excluding hydrogens is 364 g/mol. The number of nitrogens with one attached hydrogen (secondary N) is 1. The lowest BCUT2D eigenvalue weighted by Crippen LogP contribution is -2.24. The van der Waals surface area contributed by atoms with E-state index < -0.39 is 10.0 Å². The smallest absolute Gasteiger partial charge is 0.251 e. The number of rotatable bonds is 6. The van der Waals surface area contributed by atoms with Gasteiger partial charge in [0.05, 0.1) is 4.90 Å². The molecule has 0 unspecified atom stereocenters. The molecule has 144 valence electrons. The summed E-state index contributed by atoms with van der Waals surface area (Å²) in [4.78, 5) is 19.2. The van der Waals surface area contributed by atoms with Crippen molar-refractivity contribution in [1.29, 1.82) is 0 Å². The highest BCUT2D eigenvalue weighted by molar-refractivity contribution is 7.89. The molecule has 1 amide bonds. The molecule has 0 saturated carbocycles. The molecule has 0 radical (unpaired) electrons. The Hall–Kier alpha value is -2.45. The molecule has 27 heavy (non-hydrogen) atoms. The lowest BCUT2D eigenvalue weighted by atomic mass is 10.2. The number of nitrogens with zero attached hydrogens (tertiary/aromatic N) is 3. The van der Waals surface area contributed by atoms with Gasteiger partial charge < -0.3 is 10.2 Å². The van der Waals surface area contributed by atoms with Gasteiger partial charge in [0.1, 0.15) is 5.82 Å². The van der Waals surface area contributed by atoms with E-state index in [1.807, 2.05) is 12.1 Å². The molecule has 1 aliphatic rings. The van der Waals surface area contributed by atoms with Crippen molar-refractivity contribution in [3.05, 3.63) is 53.7 Å². The van der Waals surface area contributed by atoms with Crippen molar-refractivity contribution in [3.63, 3.8) is 0 Å². The average molecular weight is 388 g/mol. The van der Waals surface area contributed by atoms with E-state index in [2.05, 4.69) is 15.2 Å². The van der Waals surface area contributed by atoms with E-state index >= 15 is 0 Å². The monoisotopic (exact) mass is 388 g/mol. The number of sulfonamides is 1. The first-order valence-corrected chi connectivity index (χ1v) is 10.3. The van der Waals surface area contributed by atoms with Gasteiger partial charge in [0.15, 0.2) is 0 Å². The highest BCUT2D eigenvalue weighted by atomic mass is 32.2. The first-order chi connectivity index (χ1) is 12.9. The summed E-state index contributed by atoms with van der Waals surface area (Å²) in [5.41, 5.74) is 1.40. The molecule has 7 nitrogen and oxygen atoms in total. The van der Waals surface area contributed by atoms with Crippen molar-refractivity contribution in [2.45, 2.75) is 24.3 Å². The lowest BCUT2D eigenvalue weighted by Gasteiger charge is -2.17. The number of amides is 1. The standard InChI is InChI=1S/C19H24N4O3S/c1-22(2)27(25,26)17-7-5-16(6-8-17)19(24)21-14-15-9-10-20-18(13-15)23-11-3-4-12-23/h5-10,13H,3-4,11-12,14H2,1-2H3,(H,21,24). The Morgan fingerprint density at radius 2 is 1.81 bits per heavy atom. The number of carbonyl (C=O) groups excluding carboxylic acids is 1. The minimum absolute atomic E-state index is 0.161. The van der Waals surface area contributed by atoms with Gasteiger partial charge in [0.25, 0.3) is 5.91 Å². The van der Waals surface area contributed by atoms with Crippen molar-refractivity contribution in [1.82, 2.24) is 14.6 Å². The molecule has 1 fully saturated rings. The molecule has 0 aliphatic carbocycles. The molecule has 1 aromatic heterocycles. The zero-order valence-corrected chi connectivity index (χ0v) is 16.4. The van der Waals surface area contributed by atoms with Crippen molar-refractivity contribution < 1.29 is 13.2 Å². The van der Waals surface area contributed by atoms with E-state index in [0.717, 1.165) is 28.8 Å². The summed E-state index contributed by atoms with van der Waals surface area (Å²) in [6.07, 6.45) is 4.13. The van der Waals surface area contributed by atoms with Crippen LogP contribution in [-0.2, 0) is 16.6 Å². The quantitative estimate of drug-likeness (QED) is 0.817. The fraction of sp³-hybridized carbons (Fsp3) is 0.368. The third-order valence-corrected chi connectivity index (χ3v) is 6.42. The van der Waals surface area contributed by atoms with Crippen LogP contribution in [0.15, 0.2) is 47.5 Å². The topological polar surface area (TPSA) is 82.6 Å². The molecule has 8 heteroatoms. The number of anilines is 1. The Morgan fingerprint density at radius 3 is 2.44 bits per heavy atom. The highest BCUT2D eigenvalue weighted by Gasteiger charge is 2.18. The molecule has 1 N–H and O–H groups in total. The summed E-state index contributed by atoms with van der Waals surface area (Å²) < 4.78 is 25.3. The first-order valence-electron chi connectivity index (χ1n) is 8.88. The van der Waals surface area contributed by atoms with Crippen molar-refractivity contribution >= 4 is 21.7 Å². The zero-order valence-electron chi connectivity index (χ0n) is 15.6. The molecule has 1 aliphatic heterocycles. The fourth-order valence-electron chi connectivity index (χ4n) is 2.96. The molecule has 2 aromatic rings. The van der Waals surface area contributed by atoms with E-state index in [0.29, 0.717) is 12.1 Å². The van der Waals surface area contributed by atoms with Crippen LogP contribution in [0.4, 0.5) is 5.82 Å². The molecule has 2 heterocycles. The summed E-state index contributed by atoms with van der Waals surface area (Å²) in [5, 5.41) is 2.87. The SMILES string of the molecule is CN(C)S(=O)(=O)c1ccc(C(=O)NCc2ccnc(N3CCCC3)c2)cc1. The maximum absolute atomic E-state index is 12.4. The number of aromatic nitrogens is 1. The lowest BCUT2D eigenvalue weighted by molar-refractivity contribution is 0.0951. The Labute approximate surface area is 160 Å². The zero-order chi connectivity index (χ0) is 19.4. The van der Waals surface area contributed by atoms with E-state index in [1.165, 1.54) is 51.2 Å². The second kappa shape index (κ2) is 8.06. The van der Waals surface area contributed by atoms with Gasteiger partial charge in [-0.25, -0.2) is 17.7 Å². The van der Waals surface area contributed by atoms with Crippen LogP contribution in [-0.4, -0.2) is 50.8 Å². The van der Waals surface area contributed by atoms with Crippen LogP contribution in [0, 0.1) is 0 Å². The number of pyridine rings is 1. The molecule has 3 rings (SSSR count). The van der Waals surface area contributed by atoms with Gasteiger partial charge in [-0.1, -0.05) is 0 Å². The summed E-state index contributed by atoms with van der Waals surface area (Å²) in [6.45, 7) is 2.43. The molecule has 1 saturated heterocycles. The third kappa shape index (κ3) is 4.45. The van der Waals surface area contributed by atoms with Crippen LogP contribution < -0.4 is 10.2 Å². The molecule has 1 aromatic carbocycles. The fourth-order valence-corrected chi connectivity index (χ4v) is 3.86. The van der Waals surface area contributed by atoms with Crippen LogP contribution in [0.25, 0.3) is 0 Å². The Bertz CT molecular complexity index is 905. The maximum atomic E-state index is 12.4. The second-order valence-corrected chi connectivity index (χ2v) is 8.86. The summed E-state index contributed by atoms with van der Waals surface area (Å²) in [5.74, 6) is 0.695. The summed E-state index contributed by atoms with van der Waals surface area (Å²) in [7, 11) is -0.551. The largest absolute Gasteiger partial charge is 0.357 e. The van der Waals surface area contributed by atoms with Crippen LogP contribution in [0.3, 0.4) is 0 Å². The van der Waals surface area contributed by atoms with Gasteiger partial charge in [-0.15, -0.1) is 0 Å². The molecule has 0 atom stereocenters. The normalized spacial score (nSPS) is 14.6. The predicted octanol–water partition coefficient (Wildman–Crippen LogP) is 1.86. The Balaban J connectivity index is 1.63. The number of hydrogen-bond donors (Lipinski definition) is 1. The molecule has 0 bridgehead atoms. The highest BCUT2D eigenvalue weighted by Crippen LogP contribution is 2.18. The minimum Gasteiger partial charge on any atom is -0.357 e. The average Bonchev–Trinajstić information content (AvgIpc) is 3.21. The Morgan fingerprint density at radius 1 is 1.15 bits per heavy atom. The number of carbonyl (C=O) groups is 1. The van der Waals surface area contributed by atoms with Gasteiger partial charge >= 0.3 is 0 Å². The Kier molecular flexibility index (Phi) is 5.76. The summed E-state index contributed by atoms with van der Waals surface area (Å²) >= 11 is 0. The molecule has 0 spiro atoms. The van der Waals surface area contributed by atoms with Crippen molar-refractivity contribution in [2.24, 2.45) is 0 Å². The van der Waals surface area contributed by atoms with Gasteiger partial charge in [-0.2, -0.15) is 0 Å². The van der Waals surface area contributed by atoms with E-state index in [4.69, 9.17) is 0 Å². The minimum atomic E-state index is -3.50. The van der Waals surface area contributed by atoms with E-state index in [9.17, 15) is 13.2 Å². The van der Waals surface area contributed by atoms with Crippen LogP contribution >= 0.6 is 0 Å². The van der Waals surface area contributed by atoms with Crippen molar-refractivity contribution in [3.8, 4) is 0 Å². The number of hydrogen-bond acceptors (Lipinski definition) is 5. The van der Waals surface area contributed by atoms with E-state index in [1.54, 1.807) is 6.20 Å². The third-order valence-electron chi connectivity index (χ3n) is 4.59. The maximum Gasteiger partial charge on any atom is 0.251 e. The second-order valence-electron chi connectivity index (χ2n) is 6.71. The number of benzene rings is 1. The first kappa shape index (κ1) is 19.3. The predicted molar refractivity (Wildman–Crippen MR) is 104 cm³/mol. The van der Waals surface area contributed by atoms with Crippen LogP contribution in [0.1, 0.15) is 28.8 Å². The van der Waals surface area contributed by atoms with Gasteiger partial charge in [0, 0.05) is 45.5 Å². The van der Waals surface area contributed by atoms with Gasteiger partial charge in [0.2, 0.25) is 10.0 Å².